The molecule has 1 saturated heterocycles. The molecule has 1 spiro atoms. The maximum atomic E-state index is 12.5. The molecule has 2 aliphatic rings. The Bertz CT molecular complexity index is 777. The highest BCUT2D eigenvalue weighted by Crippen LogP contribution is 2.52. The van der Waals surface area contributed by atoms with Crippen molar-refractivity contribution in [3.63, 3.8) is 0 Å². The predicted octanol–water partition coefficient (Wildman–Crippen LogP) is 3.30. The summed E-state index contributed by atoms with van der Waals surface area (Å²) < 4.78 is 0. The first-order chi connectivity index (χ1) is 11.6. The quantitative estimate of drug-likeness (QED) is 0.901. The second kappa shape index (κ2) is 5.97. The molecule has 0 radical (unpaired) electrons. The van der Waals surface area contributed by atoms with E-state index >= 15 is 0 Å². The number of nitrogens with zero attached hydrogens (tertiary/aromatic N) is 1. The molecular weight excluding hydrogens is 318 g/mol. The van der Waals surface area contributed by atoms with Gasteiger partial charge in [0.05, 0.1) is 6.20 Å². The van der Waals surface area contributed by atoms with Gasteiger partial charge in [-0.05, 0) is 68.8 Å². The minimum atomic E-state index is 0.0305. The van der Waals surface area contributed by atoms with Crippen LogP contribution in [-0.4, -0.2) is 30.0 Å². The first-order valence-electron chi connectivity index (χ1n) is 8.62. The first kappa shape index (κ1) is 15.8. The summed E-state index contributed by atoms with van der Waals surface area (Å²) in [4.78, 5) is 17.7. The maximum Gasteiger partial charge on any atom is 0.263 e. The molecule has 1 unspecified atom stereocenters. The van der Waals surface area contributed by atoms with Gasteiger partial charge in [-0.2, -0.15) is 0 Å². The number of nitrogens with one attached hydrogen (secondary N) is 2. The summed E-state index contributed by atoms with van der Waals surface area (Å²) in [5, 5.41) is 7.53. The lowest BCUT2D eigenvalue weighted by Gasteiger charge is -2.23. The lowest BCUT2D eigenvalue weighted by molar-refractivity contribution is 0.0946. The van der Waals surface area contributed by atoms with Crippen molar-refractivity contribution in [2.24, 2.45) is 5.41 Å². The minimum absolute atomic E-state index is 0.0305. The summed E-state index contributed by atoms with van der Waals surface area (Å²) in [6.07, 6.45) is 5.19. The Morgan fingerprint density at radius 3 is 2.83 bits per heavy atom. The normalized spacial score (nSPS) is 21.7. The van der Waals surface area contributed by atoms with E-state index in [4.69, 9.17) is 0 Å². The van der Waals surface area contributed by atoms with E-state index in [1.807, 2.05) is 0 Å². The summed E-state index contributed by atoms with van der Waals surface area (Å²) in [5.74, 6) is 0.0305. The number of amides is 1. The molecule has 1 aromatic carbocycles. The molecule has 5 heteroatoms. The topological polar surface area (TPSA) is 54.0 Å². The predicted molar refractivity (Wildman–Crippen MR) is 97.4 cm³/mol. The van der Waals surface area contributed by atoms with Gasteiger partial charge in [-0.3, -0.25) is 4.79 Å². The second-order valence-electron chi connectivity index (χ2n) is 7.17. The van der Waals surface area contributed by atoms with Crippen molar-refractivity contribution in [1.29, 1.82) is 0 Å². The van der Waals surface area contributed by atoms with Gasteiger partial charge in [-0.15, -0.1) is 11.3 Å². The fraction of sp³-hybridized carbons (Fsp3) is 0.474. The standard InChI is InChI=1S/C19H23N3OS/c1-12-3-4-14(9-13(12)2)18-21-11-15(24-18)17(23)22-16-10-19(16)5-7-20-8-6-19/h3-4,9,11,16,20H,5-8,10H2,1-2H3,(H,22,23). The van der Waals surface area contributed by atoms with Gasteiger partial charge in [0, 0.05) is 11.6 Å². The minimum Gasteiger partial charge on any atom is -0.348 e. The molecule has 0 bridgehead atoms. The number of carbonyl (C=O) groups is 1. The summed E-state index contributed by atoms with van der Waals surface area (Å²) in [5.41, 5.74) is 3.97. The van der Waals surface area contributed by atoms with Crippen molar-refractivity contribution >= 4 is 17.2 Å². The number of aryl methyl sites for hydroxylation is 2. The molecule has 4 nitrogen and oxygen atoms in total. The van der Waals surface area contributed by atoms with Crippen LogP contribution in [0.5, 0.6) is 0 Å². The van der Waals surface area contributed by atoms with Gasteiger partial charge in [0.1, 0.15) is 9.88 Å². The highest BCUT2D eigenvalue weighted by atomic mass is 32.1. The van der Waals surface area contributed by atoms with E-state index in [2.05, 4.69) is 47.7 Å². The van der Waals surface area contributed by atoms with Crippen molar-refractivity contribution in [1.82, 2.24) is 15.6 Å². The summed E-state index contributed by atoms with van der Waals surface area (Å²) in [7, 11) is 0. The summed E-state index contributed by atoms with van der Waals surface area (Å²) >= 11 is 1.48. The largest absolute Gasteiger partial charge is 0.348 e. The van der Waals surface area contributed by atoms with Gasteiger partial charge < -0.3 is 10.6 Å². The lowest BCUT2D eigenvalue weighted by atomic mass is 9.94. The van der Waals surface area contributed by atoms with E-state index < -0.39 is 0 Å². The van der Waals surface area contributed by atoms with E-state index in [1.54, 1.807) is 6.20 Å². The molecule has 1 amide bonds. The zero-order chi connectivity index (χ0) is 16.7. The highest BCUT2D eigenvalue weighted by Gasteiger charge is 2.54. The Kier molecular flexibility index (Phi) is 3.93. The number of carbonyl (C=O) groups excluding carboxylic acids is 1. The Morgan fingerprint density at radius 2 is 2.08 bits per heavy atom. The average molecular weight is 341 g/mol. The molecular formula is C19H23N3OS. The molecule has 1 aliphatic heterocycles. The molecule has 1 saturated carbocycles. The van der Waals surface area contributed by atoms with E-state index in [0.29, 0.717) is 16.3 Å². The molecule has 1 atom stereocenters. The van der Waals surface area contributed by atoms with Crippen molar-refractivity contribution in [2.75, 3.05) is 13.1 Å². The van der Waals surface area contributed by atoms with Crippen molar-refractivity contribution in [3.8, 4) is 10.6 Å². The van der Waals surface area contributed by atoms with Crippen LogP contribution < -0.4 is 10.6 Å². The molecule has 4 rings (SSSR count). The Balaban J connectivity index is 1.45. The van der Waals surface area contributed by atoms with Gasteiger partial charge >= 0.3 is 0 Å². The zero-order valence-electron chi connectivity index (χ0n) is 14.2. The summed E-state index contributed by atoms with van der Waals surface area (Å²) in [6.45, 7) is 6.35. The van der Waals surface area contributed by atoms with E-state index in [-0.39, 0.29) is 5.91 Å². The Morgan fingerprint density at radius 1 is 1.29 bits per heavy atom. The third kappa shape index (κ3) is 2.87. The van der Waals surface area contributed by atoms with Crippen LogP contribution in [0.3, 0.4) is 0 Å². The van der Waals surface area contributed by atoms with Crippen LogP contribution in [-0.2, 0) is 0 Å². The van der Waals surface area contributed by atoms with Crippen LogP contribution in [0.1, 0.15) is 40.1 Å². The number of piperidine rings is 1. The van der Waals surface area contributed by atoms with Crippen LogP contribution in [0.2, 0.25) is 0 Å². The monoisotopic (exact) mass is 341 g/mol. The van der Waals surface area contributed by atoms with Crippen LogP contribution in [0.25, 0.3) is 10.6 Å². The van der Waals surface area contributed by atoms with Crippen LogP contribution >= 0.6 is 11.3 Å². The first-order valence-corrected chi connectivity index (χ1v) is 9.44. The third-order valence-electron chi connectivity index (χ3n) is 5.58. The van der Waals surface area contributed by atoms with Crippen LogP contribution in [0.4, 0.5) is 0 Å². The lowest BCUT2D eigenvalue weighted by Crippen LogP contribution is -2.35. The molecule has 2 aromatic rings. The smallest absolute Gasteiger partial charge is 0.263 e. The average Bonchev–Trinajstić information content (AvgIpc) is 3.00. The molecule has 1 aliphatic carbocycles. The van der Waals surface area contributed by atoms with E-state index in [0.717, 1.165) is 30.1 Å². The number of hydrogen-bond acceptors (Lipinski definition) is 4. The SMILES string of the molecule is Cc1ccc(-c2ncc(C(=O)NC3CC34CCNCC4)s2)cc1C. The third-order valence-corrected chi connectivity index (χ3v) is 6.62. The second-order valence-corrected chi connectivity index (χ2v) is 8.20. The summed E-state index contributed by atoms with van der Waals surface area (Å²) in [6, 6.07) is 6.67. The Hall–Kier alpha value is -1.72. The van der Waals surface area contributed by atoms with Gasteiger partial charge in [0.2, 0.25) is 0 Å². The molecule has 2 N–H and O–H groups in total. The molecule has 126 valence electrons. The number of hydrogen-bond donors (Lipinski definition) is 2. The molecule has 2 heterocycles. The van der Waals surface area contributed by atoms with Crippen molar-refractivity contribution in [3.05, 3.63) is 40.4 Å². The number of rotatable bonds is 3. The Labute approximate surface area is 146 Å². The van der Waals surface area contributed by atoms with Gasteiger partial charge in [-0.1, -0.05) is 12.1 Å². The maximum absolute atomic E-state index is 12.5. The number of benzene rings is 1. The molecule has 2 fully saturated rings. The highest BCUT2D eigenvalue weighted by molar-refractivity contribution is 7.16. The fourth-order valence-corrected chi connectivity index (χ4v) is 4.46. The van der Waals surface area contributed by atoms with Crippen molar-refractivity contribution in [2.45, 2.75) is 39.2 Å². The van der Waals surface area contributed by atoms with Crippen LogP contribution in [0, 0.1) is 19.3 Å². The van der Waals surface area contributed by atoms with Crippen LogP contribution in [0.15, 0.2) is 24.4 Å². The van der Waals surface area contributed by atoms with E-state index in [9.17, 15) is 4.79 Å². The van der Waals surface area contributed by atoms with E-state index in [1.165, 1.54) is 35.3 Å². The molecule has 24 heavy (non-hydrogen) atoms. The number of aromatic nitrogens is 1. The number of thiazole rings is 1. The van der Waals surface area contributed by atoms with Gasteiger partial charge in [0.15, 0.2) is 0 Å². The van der Waals surface area contributed by atoms with Gasteiger partial charge in [0.25, 0.3) is 5.91 Å². The zero-order valence-corrected chi connectivity index (χ0v) is 15.0. The molecule has 1 aromatic heterocycles. The van der Waals surface area contributed by atoms with Gasteiger partial charge in [-0.25, -0.2) is 4.98 Å². The fourth-order valence-electron chi connectivity index (χ4n) is 3.65. The van der Waals surface area contributed by atoms with Crippen molar-refractivity contribution < 1.29 is 4.79 Å².